The van der Waals surface area contributed by atoms with Crippen LogP contribution in [0.1, 0.15) is 26.7 Å². The topological polar surface area (TPSA) is 70.2 Å². The van der Waals surface area contributed by atoms with Crippen molar-refractivity contribution in [2.75, 3.05) is 19.6 Å². The second kappa shape index (κ2) is 5.79. The smallest absolute Gasteiger partial charge is 0.277 e. The molecule has 0 radical (unpaired) electrons. The molecule has 1 heterocycles. The van der Waals surface area contributed by atoms with E-state index in [0.717, 1.165) is 25.9 Å². The molecule has 0 saturated carbocycles. The number of hydrogen-bond acceptors (Lipinski definition) is 3. The molecule has 0 aromatic heterocycles. The summed E-state index contributed by atoms with van der Waals surface area (Å²) in [5, 5.41) is 3.17. The highest BCUT2D eigenvalue weighted by molar-refractivity contribution is 7.87. The minimum absolute atomic E-state index is 0.0309. The van der Waals surface area contributed by atoms with E-state index in [1.165, 1.54) is 0 Å². The fraction of sp³-hybridized carbons (Fsp3) is 1.00. The van der Waals surface area contributed by atoms with Crippen LogP contribution in [0, 0.1) is 5.92 Å². The maximum atomic E-state index is 11.6. The fourth-order valence-electron chi connectivity index (χ4n) is 1.49. The molecule has 1 saturated heterocycles. The summed E-state index contributed by atoms with van der Waals surface area (Å²) in [5.41, 5.74) is 0. The van der Waals surface area contributed by atoms with Gasteiger partial charge in [-0.25, -0.2) is 4.72 Å². The number of piperidine rings is 1. The molecule has 1 fully saturated rings. The van der Waals surface area contributed by atoms with Gasteiger partial charge in [-0.05, 0) is 25.3 Å². The van der Waals surface area contributed by atoms with Gasteiger partial charge in [0.05, 0.1) is 0 Å². The van der Waals surface area contributed by atoms with Crippen molar-refractivity contribution < 1.29 is 8.42 Å². The minimum Gasteiger partial charge on any atom is -0.315 e. The summed E-state index contributed by atoms with van der Waals surface area (Å²) in [7, 11) is -3.32. The molecule has 1 rings (SSSR count). The van der Waals surface area contributed by atoms with Crippen LogP contribution in [-0.2, 0) is 10.2 Å². The molecule has 0 amide bonds. The van der Waals surface area contributed by atoms with Crippen LogP contribution in [0.15, 0.2) is 0 Å². The van der Waals surface area contributed by atoms with Crippen LogP contribution in [0.25, 0.3) is 0 Å². The summed E-state index contributed by atoms with van der Waals surface area (Å²) < 4.78 is 28.3. The van der Waals surface area contributed by atoms with Crippen molar-refractivity contribution in [1.82, 2.24) is 14.8 Å². The third kappa shape index (κ3) is 5.46. The third-order valence-corrected chi connectivity index (χ3v) is 3.49. The standard InChI is InChI=1S/C9H21N3O2S/c1-8(2)6-11-15(13,14)12-9-4-3-5-10-7-9/h8-12H,3-7H2,1-2H3/t9-/m0/s1. The lowest BCUT2D eigenvalue weighted by atomic mass is 10.1. The zero-order valence-electron chi connectivity index (χ0n) is 9.41. The van der Waals surface area contributed by atoms with Crippen LogP contribution in [0.4, 0.5) is 0 Å². The molecule has 0 aromatic carbocycles. The Morgan fingerprint density at radius 3 is 2.73 bits per heavy atom. The highest BCUT2D eigenvalue weighted by Gasteiger charge is 2.19. The Labute approximate surface area is 92.2 Å². The van der Waals surface area contributed by atoms with Gasteiger partial charge in [-0.2, -0.15) is 13.1 Å². The highest BCUT2D eigenvalue weighted by Crippen LogP contribution is 2.02. The number of hydrogen-bond donors (Lipinski definition) is 3. The van der Waals surface area contributed by atoms with Gasteiger partial charge in [0.2, 0.25) is 0 Å². The highest BCUT2D eigenvalue weighted by atomic mass is 32.2. The van der Waals surface area contributed by atoms with Gasteiger partial charge in [-0.1, -0.05) is 13.8 Å². The molecule has 1 aliphatic heterocycles. The Balaban J connectivity index is 2.34. The van der Waals surface area contributed by atoms with Crippen molar-refractivity contribution in [3.05, 3.63) is 0 Å². The Kier molecular flexibility index (Phi) is 4.98. The van der Waals surface area contributed by atoms with Crippen molar-refractivity contribution in [3.8, 4) is 0 Å². The molecule has 0 aliphatic carbocycles. The second-order valence-electron chi connectivity index (χ2n) is 4.41. The van der Waals surface area contributed by atoms with Gasteiger partial charge in [-0.15, -0.1) is 0 Å². The molecular formula is C9H21N3O2S. The second-order valence-corrected chi connectivity index (χ2v) is 5.94. The zero-order valence-corrected chi connectivity index (χ0v) is 10.2. The molecular weight excluding hydrogens is 214 g/mol. The van der Waals surface area contributed by atoms with Gasteiger partial charge in [0, 0.05) is 19.1 Å². The lowest BCUT2D eigenvalue weighted by Gasteiger charge is -2.23. The first-order chi connectivity index (χ1) is 6.99. The van der Waals surface area contributed by atoms with E-state index in [4.69, 9.17) is 0 Å². The SMILES string of the molecule is CC(C)CNS(=O)(=O)N[C@H]1CCCNC1. The van der Waals surface area contributed by atoms with Gasteiger partial charge >= 0.3 is 0 Å². The number of rotatable bonds is 5. The molecule has 15 heavy (non-hydrogen) atoms. The third-order valence-electron chi connectivity index (χ3n) is 2.30. The van der Waals surface area contributed by atoms with Gasteiger partial charge in [0.15, 0.2) is 0 Å². The van der Waals surface area contributed by atoms with Crippen LogP contribution in [0.2, 0.25) is 0 Å². The summed E-state index contributed by atoms with van der Waals surface area (Å²) in [5.74, 6) is 0.325. The summed E-state index contributed by atoms with van der Waals surface area (Å²) in [6.07, 6.45) is 1.94. The Morgan fingerprint density at radius 1 is 1.47 bits per heavy atom. The van der Waals surface area contributed by atoms with Crippen LogP contribution >= 0.6 is 0 Å². The Bertz CT molecular complexity index is 271. The first kappa shape index (κ1) is 12.9. The normalized spacial score (nSPS) is 23.3. The fourth-order valence-corrected chi connectivity index (χ4v) is 2.77. The summed E-state index contributed by atoms with van der Waals surface area (Å²) in [6.45, 7) is 6.14. The van der Waals surface area contributed by atoms with Crippen molar-refractivity contribution >= 4 is 10.2 Å². The van der Waals surface area contributed by atoms with Crippen LogP contribution in [-0.4, -0.2) is 34.1 Å². The Morgan fingerprint density at radius 2 is 2.20 bits per heavy atom. The molecule has 1 atom stereocenters. The van der Waals surface area contributed by atoms with E-state index >= 15 is 0 Å². The molecule has 6 heteroatoms. The van der Waals surface area contributed by atoms with Crippen molar-refractivity contribution in [1.29, 1.82) is 0 Å². The van der Waals surface area contributed by atoms with Gasteiger partial charge in [0.25, 0.3) is 10.2 Å². The van der Waals surface area contributed by atoms with Gasteiger partial charge < -0.3 is 5.32 Å². The predicted octanol–water partition coefficient (Wildman–Crippen LogP) is -0.182. The van der Waals surface area contributed by atoms with E-state index in [1.807, 2.05) is 13.8 Å². The van der Waals surface area contributed by atoms with Crippen molar-refractivity contribution in [2.45, 2.75) is 32.7 Å². The van der Waals surface area contributed by atoms with Crippen molar-refractivity contribution in [3.63, 3.8) is 0 Å². The molecule has 3 N–H and O–H groups in total. The van der Waals surface area contributed by atoms with E-state index in [0.29, 0.717) is 12.5 Å². The molecule has 0 bridgehead atoms. The van der Waals surface area contributed by atoms with E-state index in [1.54, 1.807) is 0 Å². The lowest BCUT2D eigenvalue weighted by Crippen LogP contribution is -2.49. The van der Waals surface area contributed by atoms with E-state index in [2.05, 4.69) is 14.8 Å². The lowest BCUT2D eigenvalue weighted by molar-refractivity contribution is 0.425. The largest absolute Gasteiger partial charge is 0.315 e. The minimum atomic E-state index is -3.32. The predicted molar refractivity (Wildman–Crippen MR) is 60.8 cm³/mol. The zero-order chi connectivity index (χ0) is 11.3. The van der Waals surface area contributed by atoms with Crippen LogP contribution in [0.5, 0.6) is 0 Å². The molecule has 5 nitrogen and oxygen atoms in total. The van der Waals surface area contributed by atoms with E-state index in [9.17, 15) is 8.42 Å². The average Bonchev–Trinajstić information content (AvgIpc) is 2.16. The maximum Gasteiger partial charge on any atom is 0.277 e. The Hall–Kier alpha value is -0.170. The van der Waals surface area contributed by atoms with E-state index in [-0.39, 0.29) is 6.04 Å². The first-order valence-electron chi connectivity index (χ1n) is 5.47. The maximum absolute atomic E-state index is 11.6. The summed E-state index contributed by atoms with van der Waals surface area (Å²) in [4.78, 5) is 0. The van der Waals surface area contributed by atoms with E-state index < -0.39 is 10.2 Å². The van der Waals surface area contributed by atoms with Crippen LogP contribution in [0.3, 0.4) is 0 Å². The molecule has 0 spiro atoms. The average molecular weight is 235 g/mol. The molecule has 90 valence electrons. The monoisotopic (exact) mass is 235 g/mol. The molecule has 0 unspecified atom stereocenters. The first-order valence-corrected chi connectivity index (χ1v) is 6.95. The summed E-state index contributed by atoms with van der Waals surface area (Å²) in [6, 6.07) is 0.0309. The molecule has 1 aliphatic rings. The number of nitrogens with one attached hydrogen (secondary N) is 3. The van der Waals surface area contributed by atoms with Gasteiger partial charge in [-0.3, -0.25) is 0 Å². The van der Waals surface area contributed by atoms with Crippen LogP contribution < -0.4 is 14.8 Å². The van der Waals surface area contributed by atoms with Crippen molar-refractivity contribution in [2.24, 2.45) is 5.92 Å². The van der Waals surface area contributed by atoms with Gasteiger partial charge in [0.1, 0.15) is 0 Å². The quantitative estimate of drug-likeness (QED) is 0.619. The molecule has 0 aromatic rings. The summed E-state index contributed by atoms with van der Waals surface area (Å²) >= 11 is 0.